The second kappa shape index (κ2) is 11.1. The van der Waals surface area contributed by atoms with Gasteiger partial charge in [0.2, 0.25) is 0 Å². The Morgan fingerprint density at radius 2 is 1.92 bits per heavy atom. The number of hydrogen-bond acceptors (Lipinski definition) is 10. The molecule has 0 amide bonds. The number of aliphatic hydroxyl groups is 2. The lowest BCUT2D eigenvalue weighted by atomic mass is 9.86. The first kappa shape index (κ1) is 29.8. The van der Waals surface area contributed by atoms with E-state index in [1.54, 1.807) is 18.2 Å². The molecule has 1 aromatic carbocycles. The SMILES string of the molecule is CC(NP(=O)(OCC1(O)COC(n2ccc(=O)[nH]c2=O)C1(C)O)Oc1ccccc1)C(=O)OCC(C)(C)C. The van der Waals surface area contributed by atoms with E-state index in [4.69, 9.17) is 18.5 Å². The van der Waals surface area contributed by atoms with Gasteiger partial charge in [-0.25, -0.2) is 9.36 Å². The summed E-state index contributed by atoms with van der Waals surface area (Å²) in [6.45, 7) is 7.08. The third kappa shape index (κ3) is 6.99. The number of carbonyl (C=O) groups excluding carboxylic acids is 1. The fourth-order valence-electron chi connectivity index (χ4n) is 3.51. The number of esters is 1. The van der Waals surface area contributed by atoms with Crippen LogP contribution in [0.5, 0.6) is 5.75 Å². The van der Waals surface area contributed by atoms with E-state index in [1.807, 2.05) is 25.8 Å². The van der Waals surface area contributed by atoms with Crippen LogP contribution < -0.4 is 20.9 Å². The molecule has 1 fully saturated rings. The fraction of sp³-hybridized carbons (Fsp3) is 0.542. The highest BCUT2D eigenvalue weighted by molar-refractivity contribution is 7.52. The summed E-state index contributed by atoms with van der Waals surface area (Å²) in [6, 6.07) is 7.94. The van der Waals surface area contributed by atoms with Crippen molar-refractivity contribution in [2.75, 3.05) is 19.8 Å². The van der Waals surface area contributed by atoms with Crippen LogP contribution in [0.3, 0.4) is 0 Å². The van der Waals surface area contributed by atoms with Gasteiger partial charge in [-0.2, -0.15) is 5.09 Å². The number of carbonyl (C=O) groups is 1. The predicted molar refractivity (Wildman–Crippen MR) is 136 cm³/mol. The standard InChI is InChI=1S/C24H34N3O10P/c1-16(19(29)34-13-22(2,3)4)26-38(33,37-17-9-7-6-8-10-17)36-15-24(32)14-35-20(23(24,5)31)27-12-11-18(28)25-21(27)30/h6-12,16,20,31-32H,13-15H2,1-5H3,(H,26,33)(H,25,28,30). The summed E-state index contributed by atoms with van der Waals surface area (Å²) in [5, 5.41) is 25.0. The van der Waals surface area contributed by atoms with Gasteiger partial charge in [0.05, 0.1) is 19.8 Å². The van der Waals surface area contributed by atoms with Crippen molar-refractivity contribution in [3.05, 3.63) is 63.4 Å². The van der Waals surface area contributed by atoms with Gasteiger partial charge in [0, 0.05) is 12.3 Å². The van der Waals surface area contributed by atoms with E-state index in [0.29, 0.717) is 0 Å². The normalized spacial score (nSPS) is 25.9. The van der Waals surface area contributed by atoms with E-state index in [-0.39, 0.29) is 17.8 Å². The molecule has 5 unspecified atom stereocenters. The molecule has 2 heterocycles. The summed E-state index contributed by atoms with van der Waals surface area (Å²) in [4.78, 5) is 38.2. The zero-order valence-electron chi connectivity index (χ0n) is 21.9. The Kier molecular flexibility index (Phi) is 8.71. The molecule has 0 radical (unpaired) electrons. The Morgan fingerprint density at radius 1 is 1.26 bits per heavy atom. The zero-order chi connectivity index (χ0) is 28.4. The van der Waals surface area contributed by atoms with Gasteiger partial charge in [-0.15, -0.1) is 0 Å². The number of para-hydroxylation sites is 1. The van der Waals surface area contributed by atoms with Crippen molar-refractivity contribution in [3.63, 3.8) is 0 Å². The van der Waals surface area contributed by atoms with Gasteiger partial charge in [-0.05, 0) is 31.4 Å². The molecule has 4 N–H and O–H groups in total. The minimum absolute atomic E-state index is 0.119. The highest BCUT2D eigenvalue weighted by atomic mass is 31.2. The quantitative estimate of drug-likeness (QED) is 0.245. The summed E-state index contributed by atoms with van der Waals surface area (Å²) in [5.41, 5.74) is -6.14. The minimum atomic E-state index is -4.37. The molecule has 0 spiro atoms. The number of rotatable bonds is 10. The van der Waals surface area contributed by atoms with E-state index in [2.05, 4.69) is 5.09 Å². The number of nitrogens with zero attached hydrogens (tertiary/aromatic N) is 1. The summed E-state index contributed by atoms with van der Waals surface area (Å²) >= 11 is 0. The van der Waals surface area contributed by atoms with Crippen LogP contribution in [-0.2, 0) is 23.4 Å². The number of ether oxygens (including phenoxy) is 2. The number of H-pyrrole nitrogens is 1. The van der Waals surface area contributed by atoms with Crippen molar-refractivity contribution >= 4 is 13.7 Å². The monoisotopic (exact) mass is 555 g/mol. The molecule has 0 saturated carbocycles. The Bertz CT molecular complexity index is 1290. The van der Waals surface area contributed by atoms with Crippen molar-refractivity contribution in [2.45, 2.75) is 58.1 Å². The summed E-state index contributed by atoms with van der Waals surface area (Å²) in [7, 11) is -4.37. The Morgan fingerprint density at radius 3 is 2.53 bits per heavy atom. The van der Waals surface area contributed by atoms with Crippen molar-refractivity contribution in [3.8, 4) is 5.75 Å². The van der Waals surface area contributed by atoms with Crippen LogP contribution in [0.4, 0.5) is 0 Å². The van der Waals surface area contributed by atoms with Crippen molar-refractivity contribution in [1.29, 1.82) is 0 Å². The molecule has 1 aromatic heterocycles. The van der Waals surface area contributed by atoms with E-state index in [1.165, 1.54) is 26.0 Å². The maximum Gasteiger partial charge on any atom is 0.459 e. The maximum absolute atomic E-state index is 13.8. The lowest BCUT2D eigenvalue weighted by molar-refractivity contribution is -0.153. The van der Waals surface area contributed by atoms with E-state index in [9.17, 15) is 29.2 Å². The second-order valence-electron chi connectivity index (χ2n) is 10.6. The highest BCUT2D eigenvalue weighted by Gasteiger charge is 2.59. The van der Waals surface area contributed by atoms with Crippen LogP contribution in [0, 0.1) is 5.41 Å². The molecular formula is C24H34N3O10P. The Labute approximate surface area is 219 Å². The third-order valence-electron chi connectivity index (χ3n) is 5.80. The molecule has 0 aliphatic carbocycles. The molecule has 14 heteroatoms. The van der Waals surface area contributed by atoms with Crippen LogP contribution >= 0.6 is 7.75 Å². The Balaban J connectivity index is 1.81. The molecule has 2 aromatic rings. The topological polar surface area (TPSA) is 178 Å². The van der Waals surface area contributed by atoms with Gasteiger partial charge >= 0.3 is 19.4 Å². The highest BCUT2D eigenvalue weighted by Crippen LogP contribution is 2.48. The lowest BCUT2D eigenvalue weighted by Gasteiger charge is -2.36. The van der Waals surface area contributed by atoms with E-state index >= 15 is 0 Å². The van der Waals surface area contributed by atoms with Crippen molar-refractivity contribution in [1.82, 2.24) is 14.6 Å². The predicted octanol–water partition coefficient (Wildman–Crippen LogP) is 1.32. The number of aromatic nitrogens is 2. The Hall–Kier alpha value is -2.80. The number of aromatic amines is 1. The van der Waals surface area contributed by atoms with Gasteiger partial charge in [0.25, 0.3) is 5.56 Å². The van der Waals surface area contributed by atoms with Crippen LogP contribution in [0.15, 0.2) is 52.2 Å². The number of nitrogens with one attached hydrogen (secondary N) is 2. The molecular weight excluding hydrogens is 521 g/mol. The molecule has 210 valence electrons. The maximum atomic E-state index is 13.8. The average molecular weight is 556 g/mol. The molecule has 0 bridgehead atoms. The largest absolute Gasteiger partial charge is 0.464 e. The van der Waals surface area contributed by atoms with Crippen molar-refractivity contribution in [2.24, 2.45) is 5.41 Å². The van der Waals surface area contributed by atoms with Crippen molar-refractivity contribution < 1.29 is 38.1 Å². The minimum Gasteiger partial charge on any atom is -0.464 e. The van der Waals surface area contributed by atoms with Gasteiger partial charge in [0.1, 0.15) is 23.0 Å². The molecule has 3 rings (SSSR count). The number of hydrogen-bond donors (Lipinski definition) is 4. The van der Waals surface area contributed by atoms with Gasteiger partial charge in [0.15, 0.2) is 6.23 Å². The molecule has 1 aliphatic rings. The third-order valence-corrected chi connectivity index (χ3v) is 7.43. The second-order valence-corrected chi connectivity index (χ2v) is 12.2. The van der Waals surface area contributed by atoms with Crippen LogP contribution in [0.1, 0.15) is 40.8 Å². The first-order valence-corrected chi connectivity index (χ1v) is 13.4. The van der Waals surface area contributed by atoms with Crippen LogP contribution in [-0.4, -0.2) is 62.8 Å². The first-order valence-electron chi connectivity index (χ1n) is 11.9. The van der Waals surface area contributed by atoms with Gasteiger partial charge in [-0.3, -0.25) is 23.7 Å². The fourth-order valence-corrected chi connectivity index (χ4v) is 5.05. The summed E-state index contributed by atoms with van der Waals surface area (Å²) in [5.74, 6) is -0.550. The zero-order valence-corrected chi connectivity index (χ0v) is 22.8. The summed E-state index contributed by atoms with van der Waals surface area (Å²) in [6.07, 6.45) is -0.294. The van der Waals surface area contributed by atoms with Gasteiger partial charge < -0.3 is 24.2 Å². The molecule has 5 atom stereocenters. The smallest absolute Gasteiger partial charge is 0.459 e. The average Bonchev–Trinajstić information content (AvgIpc) is 3.05. The molecule has 1 saturated heterocycles. The number of benzene rings is 1. The molecule has 1 aliphatic heterocycles. The summed E-state index contributed by atoms with van der Waals surface area (Å²) < 4.78 is 36.5. The lowest BCUT2D eigenvalue weighted by Crippen LogP contribution is -2.57. The van der Waals surface area contributed by atoms with Crippen LogP contribution in [0.2, 0.25) is 0 Å². The van der Waals surface area contributed by atoms with E-state index < -0.39 is 61.7 Å². The first-order chi connectivity index (χ1) is 17.6. The van der Waals surface area contributed by atoms with E-state index in [0.717, 1.165) is 16.8 Å². The molecule has 38 heavy (non-hydrogen) atoms. The molecule has 13 nitrogen and oxygen atoms in total. The van der Waals surface area contributed by atoms with Gasteiger partial charge in [-0.1, -0.05) is 39.0 Å². The van der Waals surface area contributed by atoms with Crippen LogP contribution in [0.25, 0.3) is 0 Å².